The Kier molecular flexibility index (Phi) is 10.4. The van der Waals surface area contributed by atoms with Gasteiger partial charge in [0.25, 0.3) is 5.91 Å². The summed E-state index contributed by atoms with van der Waals surface area (Å²) in [5, 5.41) is 9.88. The Morgan fingerprint density at radius 1 is 0.923 bits per heavy atom. The molecule has 3 rings (SSSR count). The van der Waals surface area contributed by atoms with Crippen LogP contribution in [0.5, 0.6) is 11.5 Å². The number of aromatic nitrogens is 1. The molecule has 3 aromatic rings. The summed E-state index contributed by atoms with van der Waals surface area (Å²) in [6.45, 7) is 7.83. The number of ether oxygens (including phenoxy) is 3. The first-order chi connectivity index (χ1) is 18.6. The van der Waals surface area contributed by atoms with Crippen LogP contribution in [0.25, 0.3) is 10.9 Å². The number of hydrogen-bond donors (Lipinski definition) is 2. The summed E-state index contributed by atoms with van der Waals surface area (Å²) in [5.74, 6) is -0.735. The molecule has 1 heterocycles. The van der Waals surface area contributed by atoms with Gasteiger partial charge in [0.15, 0.2) is 12.2 Å². The molecule has 0 saturated carbocycles. The highest BCUT2D eigenvalue weighted by molar-refractivity contribution is 5.95. The molecule has 210 valence electrons. The zero-order valence-electron chi connectivity index (χ0n) is 23.1. The fraction of sp³-hybridized carbons (Fsp3) is 0.433. The minimum Gasteiger partial charge on any atom is -0.484 e. The van der Waals surface area contributed by atoms with Crippen LogP contribution in [0.4, 0.5) is 5.69 Å². The lowest BCUT2D eigenvalue weighted by Gasteiger charge is -2.26. The van der Waals surface area contributed by atoms with Gasteiger partial charge in [0.1, 0.15) is 17.2 Å². The summed E-state index contributed by atoms with van der Waals surface area (Å²) >= 11 is 0. The number of esters is 1. The van der Waals surface area contributed by atoms with Crippen molar-refractivity contribution in [1.82, 2.24) is 4.98 Å². The number of nitrogens with zero attached hydrogens (tertiary/aromatic N) is 1. The first kappa shape index (κ1) is 29.5. The van der Waals surface area contributed by atoms with Crippen LogP contribution >= 0.6 is 0 Å². The van der Waals surface area contributed by atoms with E-state index >= 15 is 0 Å². The number of nitrogens with one attached hydrogen (secondary N) is 1. The molecule has 0 aliphatic rings. The number of carboxylic acids is 1. The van der Waals surface area contributed by atoms with E-state index in [9.17, 15) is 19.5 Å². The van der Waals surface area contributed by atoms with Crippen molar-refractivity contribution in [2.24, 2.45) is 0 Å². The van der Waals surface area contributed by atoms with Crippen LogP contribution in [-0.2, 0) is 14.3 Å². The number of carbonyl (C=O) groups excluding carboxylic acids is 2. The number of rotatable bonds is 15. The molecule has 9 heteroatoms. The van der Waals surface area contributed by atoms with Crippen molar-refractivity contribution in [3.63, 3.8) is 0 Å². The molecule has 0 fully saturated rings. The van der Waals surface area contributed by atoms with Gasteiger partial charge in [0.05, 0.1) is 6.61 Å². The van der Waals surface area contributed by atoms with Gasteiger partial charge < -0.3 is 29.2 Å². The number of amides is 1. The Bertz CT molecular complexity index is 1260. The lowest BCUT2D eigenvalue weighted by atomic mass is 10.1. The molecule has 0 atom stereocenters. The first-order valence-electron chi connectivity index (χ1n) is 13.4. The minimum absolute atomic E-state index is 0.0885. The number of carbonyl (C=O) groups is 3. The predicted molar refractivity (Wildman–Crippen MR) is 150 cm³/mol. The molecule has 0 aliphatic heterocycles. The van der Waals surface area contributed by atoms with Gasteiger partial charge >= 0.3 is 11.9 Å². The van der Waals surface area contributed by atoms with Crippen LogP contribution in [0, 0.1) is 0 Å². The molecule has 0 saturated heterocycles. The minimum atomic E-state index is -1.15. The van der Waals surface area contributed by atoms with E-state index in [2.05, 4.69) is 11.9 Å². The monoisotopic (exact) mass is 538 g/mol. The van der Waals surface area contributed by atoms with Gasteiger partial charge in [-0.25, -0.2) is 9.59 Å². The molecule has 0 spiro atoms. The van der Waals surface area contributed by atoms with Crippen molar-refractivity contribution >= 4 is 34.4 Å². The third kappa shape index (κ3) is 8.24. The van der Waals surface area contributed by atoms with Crippen LogP contribution in [0.2, 0.25) is 0 Å². The predicted octanol–water partition coefficient (Wildman–Crippen LogP) is 5.97. The van der Waals surface area contributed by atoms with Gasteiger partial charge in [-0.15, -0.1) is 0 Å². The van der Waals surface area contributed by atoms with E-state index in [-0.39, 0.29) is 24.8 Å². The van der Waals surface area contributed by atoms with E-state index in [4.69, 9.17) is 14.2 Å². The first-order valence-corrected chi connectivity index (χ1v) is 13.4. The summed E-state index contributed by atoms with van der Waals surface area (Å²) in [6.07, 6.45) is 5.28. The Labute approximate surface area is 229 Å². The topological polar surface area (TPSA) is 118 Å². The van der Waals surface area contributed by atoms with Crippen molar-refractivity contribution in [3.05, 3.63) is 54.2 Å². The number of hydrogen-bond acceptors (Lipinski definition) is 6. The molecule has 0 aliphatic carbocycles. The lowest BCUT2D eigenvalue weighted by Crippen LogP contribution is -2.39. The molecule has 2 aromatic carbocycles. The fourth-order valence-corrected chi connectivity index (χ4v) is 4.15. The molecule has 0 unspecified atom stereocenters. The number of anilines is 1. The van der Waals surface area contributed by atoms with E-state index in [0.29, 0.717) is 34.6 Å². The number of unbranched alkanes of at least 4 members (excludes halogenated alkanes) is 4. The molecule has 2 N–H and O–H groups in total. The summed E-state index contributed by atoms with van der Waals surface area (Å²) in [7, 11) is 0. The van der Waals surface area contributed by atoms with Crippen LogP contribution in [-0.4, -0.2) is 53.3 Å². The number of carboxylic acid groups (broad SMARTS) is 1. The van der Waals surface area contributed by atoms with E-state index in [1.807, 2.05) is 0 Å². The standard InChI is InChI=1S/C30H38N2O7/c1-5-7-8-9-10-17-32(22-11-13-23(14-12-22)39-30(3,4)29(36)37-6-2)27(33)20-38-24-15-16-25-21(18-24)19-26(31-25)28(34)35/h11-16,18-19,31H,5-10,17,20H2,1-4H3,(H,34,35). The second-order valence-corrected chi connectivity index (χ2v) is 9.81. The zero-order valence-corrected chi connectivity index (χ0v) is 23.1. The van der Waals surface area contributed by atoms with Gasteiger partial charge in [-0.05, 0) is 75.7 Å². The van der Waals surface area contributed by atoms with E-state index in [0.717, 1.165) is 32.1 Å². The van der Waals surface area contributed by atoms with Crippen molar-refractivity contribution in [3.8, 4) is 11.5 Å². The molecule has 39 heavy (non-hydrogen) atoms. The quantitative estimate of drug-likeness (QED) is 0.181. The molecule has 0 bridgehead atoms. The molecule has 9 nitrogen and oxygen atoms in total. The Balaban J connectivity index is 1.70. The number of aromatic amines is 1. The number of H-pyrrole nitrogens is 1. The maximum atomic E-state index is 13.3. The van der Waals surface area contributed by atoms with Gasteiger partial charge in [-0.3, -0.25) is 4.79 Å². The van der Waals surface area contributed by atoms with Gasteiger partial charge in [-0.2, -0.15) is 0 Å². The molecular formula is C30H38N2O7. The van der Waals surface area contributed by atoms with Crippen LogP contribution in [0.3, 0.4) is 0 Å². The number of fused-ring (bicyclic) bond motifs is 1. The second-order valence-electron chi connectivity index (χ2n) is 9.81. The fourth-order valence-electron chi connectivity index (χ4n) is 4.15. The van der Waals surface area contributed by atoms with Crippen molar-refractivity contribution in [2.75, 3.05) is 24.7 Å². The highest BCUT2D eigenvalue weighted by atomic mass is 16.6. The van der Waals surface area contributed by atoms with E-state index in [1.54, 1.807) is 68.1 Å². The van der Waals surface area contributed by atoms with E-state index < -0.39 is 17.5 Å². The Morgan fingerprint density at radius 2 is 1.62 bits per heavy atom. The average molecular weight is 539 g/mol. The van der Waals surface area contributed by atoms with Crippen molar-refractivity contribution in [1.29, 1.82) is 0 Å². The highest BCUT2D eigenvalue weighted by Crippen LogP contribution is 2.25. The van der Waals surface area contributed by atoms with E-state index in [1.165, 1.54) is 6.07 Å². The van der Waals surface area contributed by atoms with Crippen molar-refractivity contribution in [2.45, 2.75) is 65.4 Å². The van der Waals surface area contributed by atoms with Crippen LogP contribution in [0.15, 0.2) is 48.5 Å². The maximum absolute atomic E-state index is 13.3. The Hall–Kier alpha value is -4.01. The molecular weight excluding hydrogens is 500 g/mol. The zero-order chi connectivity index (χ0) is 28.4. The van der Waals surface area contributed by atoms with Gasteiger partial charge in [0.2, 0.25) is 0 Å². The summed E-state index contributed by atoms with van der Waals surface area (Å²) in [5.41, 5.74) is 0.317. The summed E-state index contributed by atoms with van der Waals surface area (Å²) in [6, 6.07) is 13.7. The average Bonchev–Trinajstić information content (AvgIpc) is 3.34. The molecule has 0 radical (unpaired) electrons. The lowest BCUT2D eigenvalue weighted by molar-refractivity contribution is -0.158. The summed E-state index contributed by atoms with van der Waals surface area (Å²) in [4.78, 5) is 41.2. The normalized spacial score (nSPS) is 11.3. The smallest absolute Gasteiger partial charge is 0.352 e. The van der Waals surface area contributed by atoms with Crippen LogP contribution in [0.1, 0.15) is 70.3 Å². The van der Waals surface area contributed by atoms with Gasteiger partial charge in [0, 0.05) is 23.1 Å². The second kappa shape index (κ2) is 13.7. The highest BCUT2D eigenvalue weighted by Gasteiger charge is 2.31. The SMILES string of the molecule is CCCCCCCN(C(=O)COc1ccc2[nH]c(C(=O)O)cc2c1)c1ccc(OC(C)(C)C(=O)OCC)cc1. The third-order valence-electron chi connectivity index (χ3n) is 6.26. The third-order valence-corrected chi connectivity index (χ3v) is 6.26. The van der Waals surface area contributed by atoms with Crippen molar-refractivity contribution < 1.29 is 33.7 Å². The van der Waals surface area contributed by atoms with Gasteiger partial charge in [-0.1, -0.05) is 32.6 Å². The largest absolute Gasteiger partial charge is 0.484 e. The number of aromatic carboxylic acids is 1. The maximum Gasteiger partial charge on any atom is 0.352 e. The molecule has 1 aromatic heterocycles. The summed E-state index contributed by atoms with van der Waals surface area (Å²) < 4.78 is 16.7. The Morgan fingerprint density at radius 3 is 2.28 bits per heavy atom. The molecule has 1 amide bonds. The number of benzene rings is 2. The van der Waals surface area contributed by atoms with Crippen LogP contribution < -0.4 is 14.4 Å².